The second-order valence-corrected chi connectivity index (χ2v) is 6.08. The fraction of sp³-hybridized carbons (Fsp3) is 0.0870. The quantitative estimate of drug-likeness (QED) is 0.269. The third-order valence-electron chi connectivity index (χ3n) is 3.93. The summed E-state index contributed by atoms with van der Waals surface area (Å²) < 4.78 is 15.7. The molecule has 7 nitrogen and oxygen atoms in total. The van der Waals surface area contributed by atoms with E-state index in [9.17, 15) is 9.59 Å². The Kier molecular flexibility index (Phi) is 7.16. The predicted molar refractivity (Wildman–Crippen MR) is 112 cm³/mol. The summed E-state index contributed by atoms with van der Waals surface area (Å²) in [7, 11) is 1.58. The van der Waals surface area contributed by atoms with Crippen molar-refractivity contribution in [3.8, 4) is 17.2 Å². The third kappa shape index (κ3) is 6.20. The highest BCUT2D eigenvalue weighted by Gasteiger charge is 2.07. The predicted octanol–water partition coefficient (Wildman–Crippen LogP) is 3.44. The number of hydrazone groups is 1. The normalized spacial score (nSPS) is 10.4. The second-order valence-electron chi connectivity index (χ2n) is 6.08. The summed E-state index contributed by atoms with van der Waals surface area (Å²) in [6.07, 6.45) is 1.48. The fourth-order valence-corrected chi connectivity index (χ4v) is 2.39. The van der Waals surface area contributed by atoms with Gasteiger partial charge in [0.1, 0.15) is 17.2 Å². The number of hydrogen-bond acceptors (Lipinski definition) is 6. The first-order chi connectivity index (χ1) is 14.6. The highest BCUT2D eigenvalue weighted by molar-refractivity contribution is 5.91. The number of amides is 1. The Morgan fingerprint density at radius 3 is 2.17 bits per heavy atom. The summed E-state index contributed by atoms with van der Waals surface area (Å²) >= 11 is 0. The molecule has 3 aromatic carbocycles. The molecule has 0 bridgehead atoms. The summed E-state index contributed by atoms with van der Waals surface area (Å²) in [6, 6.07) is 22.4. The standard InChI is InChI=1S/C23H20N2O5/c1-28-19-11-13-20(14-12-19)29-16-22(26)25-24-15-17-7-9-21(10-8-17)30-23(27)18-5-3-2-4-6-18/h2-15H,16H2,1H3,(H,25,26). The van der Waals surface area contributed by atoms with E-state index < -0.39 is 11.9 Å². The van der Waals surface area contributed by atoms with Crippen LogP contribution < -0.4 is 19.6 Å². The molecular weight excluding hydrogens is 384 g/mol. The molecule has 7 heteroatoms. The second kappa shape index (κ2) is 10.4. The number of carbonyl (C=O) groups excluding carboxylic acids is 2. The number of nitrogens with one attached hydrogen (secondary N) is 1. The molecule has 3 rings (SSSR count). The zero-order chi connectivity index (χ0) is 21.2. The van der Waals surface area contributed by atoms with Crippen LogP contribution in [0.1, 0.15) is 15.9 Å². The number of esters is 1. The van der Waals surface area contributed by atoms with Crippen LogP contribution in [0.25, 0.3) is 0 Å². The van der Waals surface area contributed by atoms with Crippen LogP contribution in [0.15, 0.2) is 84.0 Å². The highest BCUT2D eigenvalue weighted by Crippen LogP contribution is 2.17. The Hall–Kier alpha value is -4.13. The molecule has 0 unspecified atom stereocenters. The molecule has 0 saturated heterocycles. The maximum absolute atomic E-state index is 12.0. The molecule has 152 valence electrons. The summed E-state index contributed by atoms with van der Waals surface area (Å²) in [4.78, 5) is 23.8. The van der Waals surface area contributed by atoms with Crippen LogP contribution in [0.4, 0.5) is 0 Å². The monoisotopic (exact) mass is 404 g/mol. The summed E-state index contributed by atoms with van der Waals surface area (Å²) in [5.41, 5.74) is 3.59. The molecule has 0 aliphatic heterocycles. The van der Waals surface area contributed by atoms with Crippen molar-refractivity contribution < 1.29 is 23.8 Å². The first-order valence-electron chi connectivity index (χ1n) is 9.10. The molecule has 0 aliphatic carbocycles. The number of methoxy groups -OCH3 is 1. The number of rotatable bonds is 8. The Labute approximate surface area is 173 Å². The molecule has 1 N–H and O–H groups in total. The van der Waals surface area contributed by atoms with E-state index in [1.165, 1.54) is 6.21 Å². The van der Waals surface area contributed by atoms with Crippen molar-refractivity contribution in [3.05, 3.63) is 90.0 Å². The van der Waals surface area contributed by atoms with Crippen LogP contribution in [-0.4, -0.2) is 31.8 Å². The molecule has 30 heavy (non-hydrogen) atoms. The van der Waals surface area contributed by atoms with Crippen molar-refractivity contribution in [2.75, 3.05) is 13.7 Å². The van der Waals surface area contributed by atoms with Gasteiger partial charge in [-0.3, -0.25) is 4.79 Å². The van der Waals surface area contributed by atoms with Gasteiger partial charge in [-0.15, -0.1) is 0 Å². The molecule has 0 aliphatic rings. The summed E-state index contributed by atoms with van der Waals surface area (Å²) in [5.74, 6) is 0.849. The zero-order valence-corrected chi connectivity index (χ0v) is 16.3. The first-order valence-corrected chi connectivity index (χ1v) is 9.10. The fourth-order valence-electron chi connectivity index (χ4n) is 2.39. The van der Waals surface area contributed by atoms with E-state index in [4.69, 9.17) is 14.2 Å². The Bertz CT molecular complexity index is 1000. The van der Waals surface area contributed by atoms with Crippen molar-refractivity contribution in [2.45, 2.75) is 0 Å². The van der Waals surface area contributed by atoms with Crippen LogP contribution >= 0.6 is 0 Å². The van der Waals surface area contributed by atoms with Crippen molar-refractivity contribution in [3.63, 3.8) is 0 Å². The lowest BCUT2D eigenvalue weighted by molar-refractivity contribution is -0.123. The number of nitrogens with zero attached hydrogens (tertiary/aromatic N) is 1. The van der Waals surface area contributed by atoms with Gasteiger partial charge in [-0.2, -0.15) is 5.10 Å². The largest absolute Gasteiger partial charge is 0.497 e. The molecule has 0 radical (unpaired) electrons. The van der Waals surface area contributed by atoms with E-state index in [2.05, 4.69) is 10.5 Å². The van der Waals surface area contributed by atoms with Crippen LogP contribution in [0.3, 0.4) is 0 Å². The van der Waals surface area contributed by atoms with Crippen LogP contribution in [0, 0.1) is 0 Å². The third-order valence-corrected chi connectivity index (χ3v) is 3.93. The average Bonchev–Trinajstić information content (AvgIpc) is 2.80. The van der Waals surface area contributed by atoms with E-state index in [0.717, 1.165) is 5.56 Å². The molecule has 1 amide bonds. The Morgan fingerprint density at radius 1 is 0.867 bits per heavy atom. The lowest BCUT2D eigenvalue weighted by Crippen LogP contribution is -2.24. The van der Waals surface area contributed by atoms with Crippen LogP contribution in [0.5, 0.6) is 17.2 Å². The van der Waals surface area contributed by atoms with Crippen LogP contribution in [-0.2, 0) is 4.79 Å². The molecule has 0 heterocycles. The van der Waals surface area contributed by atoms with Crippen LogP contribution in [0.2, 0.25) is 0 Å². The van der Waals surface area contributed by atoms with Gasteiger partial charge in [0, 0.05) is 0 Å². The minimum atomic E-state index is -0.429. The van der Waals surface area contributed by atoms with Gasteiger partial charge < -0.3 is 14.2 Å². The topological polar surface area (TPSA) is 86.2 Å². The smallest absolute Gasteiger partial charge is 0.343 e. The lowest BCUT2D eigenvalue weighted by atomic mass is 10.2. The van der Waals surface area contributed by atoms with Crippen molar-refractivity contribution >= 4 is 18.1 Å². The van der Waals surface area contributed by atoms with Gasteiger partial charge in [0.05, 0.1) is 18.9 Å². The Morgan fingerprint density at radius 2 is 1.50 bits per heavy atom. The van der Waals surface area contributed by atoms with E-state index >= 15 is 0 Å². The first kappa shape index (κ1) is 20.6. The number of hydrogen-bond donors (Lipinski definition) is 1. The van der Waals surface area contributed by atoms with Gasteiger partial charge in [-0.25, -0.2) is 10.2 Å². The van der Waals surface area contributed by atoms with Crippen molar-refractivity contribution in [1.82, 2.24) is 5.43 Å². The molecule has 0 saturated carbocycles. The van der Waals surface area contributed by atoms with Gasteiger partial charge >= 0.3 is 5.97 Å². The van der Waals surface area contributed by atoms with Gasteiger partial charge in [-0.05, 0) is 66.2 Å². The average molecular weight is 404 g/mol. The van der Waals surface area contributed by atoms with Gasteiger partial charge in [0.15, 0.2) is 6.61 Å². The number of carbonyl (C=O) groups is 2. The number of benzene rings is 3. The maximum Gasteiger partial charge on any atom is 0.343 e. The Balaban J connectivity index is 1.44. The molecule has 0 spiro atoms. The van der Waals surface area contributed by atoms with Gasteiger partial charge in [-0.1, -0.05) is 18.2 Å². The van der Waals surface area contributed by atoms with E-state index in [1.807, 2.05) is 6.07 Å². The molecule has 0 aromatic heterocycles. The highest BCUT2D eigenvalue weighted by atomic mass is 16.5. The molecule has 0 atom stereocenters. The molecule has 0 fully saturated rings. The van der Waals surface area contributed by atoms with Crippen molar-refractivity contribution in [1.29, 1.82) is 0 Å². The van der Waals surface area contributed by atoms with Gasteiger partial charge in [0.25, 0.3) is 5.91 Å². The SMILES string of the molecule is COc1ccc(OCC(=O)NN=Cc2ccc(OC(=O)c3ccccc3)cc2)cc1. The zero-order valence-electron chi connectivity index (χ0n) is 16.3. The minimum absolute atomic E-state index is 0.169. The van der Waals surface area contributed by atoms with Crippen molar-refractivity contribution in [2.24, 2.45) is 5.10 Å². The molecular formula is C23H20N2O5. The summed E-state index contributed by atoms with van der Waals surface area (Å²) in [5, 5.41) is 3.89. The summed E-state index contributed by atoms with van der Waals surface area (Å²) in [6.45, 7) is -0.169. The van der Waals surface area contributed by atoms with E-state index in [0.29, 0.717) is 22.8 Å². The van der Waals surface area contributed by atoms with Gasteiger partial charge in [0.2, 0.25) is 0 Å². The van der Waals surface area contributed by atoms with E-state index in [-0.39, 0.29) is 6.61 Å². The molecule has 3 aromatic rings. The number of ether oxygens (including phenoxy) is 3. The minimum Gasteiger partial charge on any atom is -0.497 e. The van der Waals surface area contributed by atoms with E-state index in [1.54, 1.807) is 79.9 Å². The lowest BCUT2D eigenvalue weighted by Gasteiger charge is -2.06. The maximum atomic E-state index is 12.0.